The van der Waals surface area contributed by atoms with Crippen molar-refractivity contribution in [1.82, 2.24) is 0 Å². The smallest absolute Gasteiger partial charge is 0.404 e. The van der Waals surface area contributed by atoms with Gasteiger partial charge in [0.25, 0.3) is 0 Å². The molecule has 1 aromatic rings. The summed E-state index contributed by atoms with van der Waals surface area (Å²) in [5.74, 6) is -0.335. The second-order valence-corrected chi connectivity index (χ2v) is 2.19. The highest BCUT2D eigenvalue weighted by Crippen LogP contribution is 2.20. The SMILES string of the molecule is N[C@H](CF)c1ccc([N+](=O)[O-])o1. The quantitative estimate of drug-likeness (QED) is 0.550. The Balaban J connectivity index is 2.84. The average Bonchev–Trinajstić information content (AvgIpc) is 2.51. The van der Waals surface area contributed by atoms with Crippen LogP contribution in [0.3, 0.4) is 0 Å². The molecule has 5 nitrogen and oxygen atoms in total. The summed E-state index contributed by atoms with van der Waals surface area (Å²) in [6.07, 6.45) is 0. The number of furan rings is 1. The minimum Gasteiger partial charge on any atom is -0.404 e. The van der Waals surface area contributed by atoms with E-state index >= 15 is 0 Å². The normalized spacial score (nSPS) is 12.8. The van der Waals surface area contributed by atoms with Gasteiger partial charge >= 0.3 is 5.88 Å². The van der Waals surface area contributed by atoms with Gasteiger partial charge in [0.2, 0.25) is 0 Å². The van der Waals surface area contributed by atoms with E-state index < -0.39 is 23.5 Å². The van der Waals surface area contributed by atoms with Gasteiger partial charge in [-0.1, -0.05) is 0 Å². The molecule has 0 saturated heterocycles. The lowest BCUT2D eigenvalue weighted by molar-refractivity contribution is -0.402. The van der Waals surface area contributed by atoms with E-state index in [1.807, 2.05) is 0 Å². The number of halogens is 1. The van der Waals surface area contributed by atoms with E-state index in [0.29, 0.717) is 0 Å². The monoisotopic (exact) mass is 174 g/mol. The number of hydrogen-bond acceptors (Lipinski definition) is 4. The molecule has 1 aromatic heterocycles. The molecule has 1 atom stereocenters. The lowest BCUT2D eigenvalue weighted by atomic mass is 10.3. The molecular formula is C6H7FN2O3. The van der Waals surface area contributed by atoms with Gasteiger partial charge in [-0.3, -0.25) is 10.1 Å². The van der Waals surface area contributed by atoms with E-state index in [2.05, 4.69) is 4.42 Å². The molecule has 0 bridgehead atoms. The Labute approximate surface area is 67.1 Å². The van der Waals surface area contributed by atoms with Crippen molar-refractivity contribution >= 4 is 5.88 Å². The van der Waals surface area contributed by atoms with Crippen molar-refractivity contribution in [3.05, 3.63) is 28.0 Å². The summed E-state index contributed by atoms with van der Waals surface area (Å²) in [6.45, 7) is -0.801. The predicted octanol–water partition coefficient (Wildman–Crippen LogP) is 1.16. The summed E-state index contributed by atoms with van der Waals surface area (Å²) < 4.78 is 16.6. The Morgan fingerprint density at radius 3 is 2.83 bits per heavy atom. The lowest BCUT2D eigenvalue weighted by Crippen LogP contribution is -2.10. The Kier molecular flexibility index (Phi) is 2.39. The Morgan fingerprint density at radius 1 is 1.75 bits per heavy atom. The molecule has 0 aliphatic rings. The molecular weight excluding hydrogens is 167 g/mol. The second kappa shape index (κ2) is 3.31. The minimum absolute atomic E-state index is 0.0872. The standard InChI is InChI=1S/C6H7FN2O3/c7-3-4(8)5-1-2-6(12-5)9(10)11/h1-2,4H,3,8H2/t4-/m1/s1. The summed E-state index contributed by atoms with van der Waals surface area (Å²) in [6, 6.07) is 1.52. The molecule has 0 unspecified atom stereocenters. The van der Waals surface area contributed by atoms with Crippen LogP contribution in [0.2, 0.25) is 0 Å². The van der Waals surface area contributed by atoms with Gasteiger partial charge in [-0.25, -0.2) is 4.39 Å². The van der Waals surface area contributed by atoms with Crippen molar-refractivity contribution in [1.29, 1.82) is 0 Å². The van der Waals surface area contributed by atoms with E-state index in [-0.39, 0.29) is 5.76 Å². The van der Waals surface area contributed by atoms with Crippen LogP contribution in [0, 0.1) is 10.1 Å². The van der Waals surface area contributed by atoms with Crippen LogP contribution in [0.4, 0.5) is 10.3 Å². The summed E-state index contributed by atoms with van der Waals surface area (Å²) >= 11 is 0. The third-order valence-electron chi connectivity index (χ3n) is 1.32. The maximum atomic E-state index is 11.9. The van der Waals surface area contributed by atoms with Crippen molar-refractivity contribution in [3.63, 3.8) is 0 Å². The van der Waals surface area contributed by atoms with Gasteiger partial charge in [0.15, 0.2) is 0 Å². The largest absolute Gasteiger partial charge is 0.433 e. The number of hydrogen-bond donors (Lipinski definition) is 1. The topological polar surface area (TPSA) is 82.3 Å². The van der Waals surface area contributed by atoms with Crippen LogP contribution in [0.25, 0.3) is 0 Å². The Hall–Kier alpha value is -1.43. The van der Waals surface area contributed by atoms with Crippen LogP contribution in [-0.4, -0.2) is 11.6 Å². The molecule has 1 rings (SSSR count). The number of rotatable bonds is 3. The third kappa shape index (κ3) is 1.59. The van der Waals surface area contributed by atoms with Crippen LogP contribution >= 0.6 is 0 Å². The van der Waals surface area contributed by atoms with Crippen LogP contribution in [0.5, 0.6) is 0 Å². The van der Waals surface area contributed by atoms with Crippen LogP contribution in [-0.2, 0) is 0 Å². The molecule has 0 aromatic carbocycles. The summed E-state index contributed by atoms with van der Waals surface area (Å²) in [5, 5.41) is 10.1. The maximum Gasteiger partial charge on any atom is 0.433 e. The van der Waals surface area contributed by atoms with E-state index in [0.717, 1.165) is 6.07 Å². The molecule has 0 spiro atoms. The first-order valence-corrected chi connectivity index (χ1v) is 3.21. The van der Waals surface area contributed by atoms with Crippen LogP contribution in [0.15, 0.2) is 16.5 Å². The highest BCUT2D eigenvalue weighted by Gasteiger charge is 2.16. The Morgan fingerprint density at radius 2 is 2.42 bits per heavy atom. The molecule has 0 radical (unpaired) electrons. The van der Waals surface area contributed by atoms with Gasteiger partial charge in [0.1, 0.15) is 17.4 Å². The van der Waals surface area contributed by atoms with Crippen LogP contribution < -0.4 is 5.73 Å². The summed E-state index contributed by atoms with van der Waals surface area (Å²) in [5.41, 5.74) is 5.22. The highest BCUT2D eigenvalue weighted by molar-refractivity contribution is 5.19. The summed E-state index contributed by atoms with van der Waals surface area (Å²) in [4.78, 5) is 9.40. The molecule has 0 aliphatic carbocycles. The molecule has 1 heterocycles. The number of nitrogens with zero attached hydrogens (tertiary/aromatic N) is 1. The van der Waals surface area contributed by atoms with Gasteiger partial charge < -0.3 is 10.2 Å². The first-order chi connectivity index (χ1) is 5.65. The highest BCUT2D eigenvalue weighted by atomic mass is 19.1. The second-order valence-electron chi connectivity index (χ2n) is 2.19. The minimum atomic E-state index is -0.918. The Bertz CT molecular complexity index is 286. The molecule has 6 heteroatoms. The van der Waals surface area contributed by atoms with Crippen molar-refractivity contribution < 1.29 is 13.7 Å². The van der Waals surface area contributed by atoms with Crippen LogP contribution in [0.1, 0.15) is 11.8 Å². The van der Waals surface area contributed by atoms with Gasteiger partial charge in [-0.15, -0.1) is 0 Å². The number of nitro groups is 1. The van der Waals surface area contributed by atoms with E-state index in [9.17, 15) is 14.5 Å². The van der Waals surface area contributed by atoms with E-state index in [1.54, 1.807) is 0 Å². The van der Waals surface area contributed by atoms with Gasteiger partial charge in [-0.2, -0.15) is 0 Å². The molecule has 2 N–H and O–H groups in total. The summed E-state index contributed by atoms with van der Waals surface area (Å²) in [7, 11) is 0. The fourth-order valence-corrected chi connectivity index (χ4v) is 0.716. The fourth-order valence-electron chi connectivity index (χ4n) is 0.716. The van der Waals surface area contributed by atoms with Gasteiger partial charge in [0.05, 0.1) is 12.1 Å². The van der Waals surface area contributed by atoms with Gasteiger partial charge in [-0.05, 0) is 6.07 Å². The lowest BCUT2D eigenvalue weighted by Gasteiger charge is -1.99. The van der Waals surface area contributed by atoms with E-state index in [4.69, 9.17) is 5.73 Å². The zero-order chi connectivity index (χ0) is 9.14. The third-order valence-corrected chi connectivity index (χ3v) is 1.32. The molecule has 12 heavy (non-hydrogen) atoms. The van der Waals surface area contributed by atoms with Gasteiger partial charge in [0, 0.05) is 0 Å². The number of nitrogens with two attached hydrogens (primary N) is 1. The van der Waals surface area contributed by atoms with Crippen molar-refractivity contribution in [2.75, 3.05) is 6.67 Å². The van der Waals surface area contributed by atoms with Crippen molar-refractivity contribution in [2.24, 2.45) is 5.73 Å². The van der Waals surface area contributed by atoms with Crippen molar-refractivity contribution in [3.8, 4) is 0 Å². The molecule has 0 amide bonds. The first kappa shape index (κ1) is 8.66. The fraction of sp³-hybridized carbons (Fsp3) is 0.333. The molecule has 66 valence electrons. The maximum absolute atomic E-state index is 11.9. The zero-order valence-corrected chi connectivity index (χ0v) is 6.07. The first-order valence-electron chi connectivity index (χ1n) is 3.21. The molecule has 0 saturated carbocycles. The van der Waals surface area contributed by atoms with Crippen molar-refractivity contribution in [2.45, 2.75) is 6.04 Å². The zero-order valence-electron chi connectivity index (χ0n) is 6.07. The molecule has 0 aliphatic heterocycles. The number of alkyl halides is 1. The average molecular weight is 174 g/mol. The molecule has 0 fully saturated rings. The predicted molar refractivity (Wildman–Crippen MR) is 38.3 cm³/mol. The van der Waals surface area contributed by atoms with E-state index in [1.165, 1.54) is 6.07 Å².